The van der Waals surface area contributed by atoms with E-state index < -0.39 is 10.0 Å². The third kappa shape index (κ3) is 3.88. The number of hydrogen-bond acceptors (Lipinski definition) is 4. The summed E-state index contributed by atoms with van der Waals surface area (Å²) in [5.74, 6) is -0.221. The van der Waals surface area contributed by atoms with Crippen LogP contribution in [-0.4, -0.2) is 54.8 Å². The Bertz CT molecular complexity index is 944. The van der Waals surface area contributed by atoms with Crippen LogP contribution in [0.5, 0.6) is 5.75 Å². The Balaban J connectivity index is 1.72. The molecule has 9 heteroatoms. The first kappa shape index (κ1) is 19.2. The van der Waals surface area contributed by atoms with Gasteiger partial charge in [0.25, 0.3) is 5.91 Å². The fraction of sp³-hybridized carbons (Fsp3) is 0.235. The lowest BCUT2D eigenvalue weighted by Gasteiger charge is -2.34. The van der Waals surface area contributed by atoms with Crippen LogP contribution in [0.4, 0.5) is 0 Å². The predicted molar refractivity (Wildman–Crippen MR) is 102 cm³/mol. The maximum atomic E-state index is 12.8. The largest absolute Gasteiger partial charge is 0.508 e. The molecule has 1 fully saturated rings. The van der Waals surface area contributed by atoms with Gasteiger partial charge in [-0.3, -0.25) is 4.79 Å². The Morgan fingerprint density at radius 3 is 2.38 bits per heavy atom. The average Bonchev–Trinajstić information content (AvgIpc) is 2.61. The van der Waals surface area contributed by atoms with Crippen molar-refractivity contribution < 1.29 is 18.3 Å². The van der Waals surface area contributed by atoms with Gasteiger partial charge in [0.15, 0.2) is 0 Å². The number of carbonyl (C=O) groups is 1. The minimum atomic E-state index is -3.73. The molecule has 0 aromatic heterocycles. The molecule has 0 bridgehead atoms. The minimum Gasteiger partial charge on any atom is -0.508 e. The second-order valence-electron chi connectivity index (χ2n) is 5.82. The molecule has 2 aromatic carbocycles. The molecule has 1 heterocycles. The van der Waals surface area contributed by atoms with Gasteiger partial charge in [0.05, 0.1) is 5.02 Å². The molecule has 0 saturated carbocycles. The van der Waals surface area contributed by atoms with Crippen LogP contribution in [-0.2, 0) is 10.0 Å². The van der Waals surface area contributed by atoms with E-state index in [9.17, 15) is 18.3 Å². The maximum Gasteiger partial charge on any atom is 0.254 e. The first-order chi connectivity index (χ1) is 12.3. The summed E-state index contributed by atoms with van der Waals surface area (Å²) in [5, 5.41) is 9.66. The van der Waals surface area contributed by atoms with Crippen LogP contribution < -0.4 is 0 Å². The number of nitrogens with zero attached hydrogens (tertiary/aromatic N) is 2. The number of hydrogen-bond donors (Lipinski definition) is 1. The summed E-state index contributed by atoms with van der Waals surface area (Å²) in [6, 6.07) is 10.7. The number of phenolic OH excluding ortho intramolecular Hbond substituents is 1. The van der Waals surface area contributed by atoms with Gasteiger partial charge in [-0.25, -0.2) is 8.42 Å². The van der Waals surface area contributed by atoms with Crippen LogP contribution in [0, 0.1) is 0 Å². The van der Waals surface area contributed by atoms with E-state index in [2.05, 4.69) is 15.9 Å². The first-order valence-electron chi connectivity index (χ1n) is 7.82. The predicted octanol–water partition coefficient (Wildman–Crippen LogP) is 2.95. The van der Waals surface area contributed by atoms with Gasteiger partial charge in [-0.2, -0.15) is 4.31 Å². The lowest BCUT2D eigenvalue weighted by Crippen LogP contribution is -2.50. The second-order valence-corrected chi connectivity index (χ2v) is 9.05. The van der Waals surface area contributed by atoms with Gasteiger partial charge >= 0.3 is 0 Å². The van der Waals surface area contributed by atoms with E-state index in [1.54, 1.807) is 23.1 Å². The number of carbonyl (C=O) groups excluding carboxylic acids is 1. The first-order valence-corrected chi connectivity index (χ1v) is 10.4. The molecule has 1 saturated heterocycles. The summed E-state index contributed by atoms with van der Waals surface area (Å²) < 4.78 is 27.6. The zero-order valence-electron chi connectivity index (χ0n) is 13.6. The van der Waals surface area contributed by atoms with Crippen LogP contribution in [0.2, 0.25) is 5.02 Å². The second kappa shape index (κ2) is 7.56. The summed E-state index contributed by atoms with van der Waals surface area (Å²) in [6.45, 7) is 0.891. The number of piperazine rings is 1. The fourth-order valence-corrected chi connectivity index (χ4v) is 5.21. The molecule has 1 aliphatic rings. The van der Waals surface area contributed by atoms with Crippen molar-refractivity contribution in [2.45, 2.75) is 4.90 Å². The van der Waals surface area contributed by atoms with E-state index in [1.807, 2.05) is 0 Å². The molecule has 0 aliphatic carbocycles. The highest BCUT2D eigenvalue weighted by atomic mass is 79.9. The van der Waals surface area contributed by atoms with Gasteiger partial charge in [0, 0.05) is 36.2 Å². The zero-order valence-corrected chi connectivity index (χ0v) is 16.8. The molecular formula is C17H16BrClN2O4S. The van der Waals surface area contributed by atoms with Crippen molar-refractivity contribution in [1.82, 2.24) is 9.21 Å². The minimum absolute atomic E-state index is 0.0157. The average molecular weight is 460 g/mol. The monoisotopic (exact) mass is 458 g/mol. The molecule has 3 rings (SSSR count). The highest BCUT2D eigenvalue weighted by Crippen LogP contribution is 2.28. The Kier molecular flexibility index (Phi) is 5.57. The topological polar surface area (TPSA) is 77.9 Å². The maximum absolute atomic E-state index is 12.8. The highest BCUT2D eigenvalue weighted by molar-refractivity contribution is 9.10. The van der Waals surface area contributed by atoms with E-state index in [4.69, 9.17) is 11.6 Å². The van der Waals surface area contributed by atoms with E-state index in [0.29, 0.717) is 10.0 Å². The molecular weight excluding hydrogens is 444 g/mol. The van der Waals surface area contributed by atoms with E-state index in [-0.39, 0.29) is 47.8 Å². The van der Waals surface area contributed by atoms with Crippen molar-refractivity contribution in [3.05, 3.63) is 57.5 Å². The lowest BCUT2D eigenvalue weighted by atomic mass is 10.2. The molecule has 0 atom stereocenters. The van der Waals surface area contributed by atoms with Crippen molar-refractivity contribution in [2.75, 3.05) is 26.2 Å². The molecule has 2 aromatic rings. The van der Waals surface area contributed by atoms with Crippen LogP contribution in [0.25, 0.3) is 0 Å². The van der Waals surface area contributed by atoms with Crippen LogP contribution >= 0.6 is 27.5 Å². The third-order valence-electron chi connectivity index (χ3n) is 4.13. The molecule has 0 radical (unpaired) electrons. The standard InChI is InChI=1S/C17H16BrClN2O4S/c18-13-4-5-16(15(19)11-13)26(24,25)21-8-6-20(7-9-21)17(23)12-2-1-3-14(22)10-12/h1-5,10-11,22H,6-9H2. The smallest absolute Gasteiger partial charge is 0.254 e. The summed E-state index contributed by atoms with van der Waals surface area (Å²) in [5.41, 5.74) is 0.372. The molecule has 6 nitrogen and oxygen atoms in total. The Morgan fingerprint density at radius 1 is 1.08 bits per heavy atom. The summed E-state index contributed by atoms with van der Waals surface area (Å²) in [7, 11) is -3.73. The van der Waals surface area contributed by atoms with Gasteiger partial charge in [0.2, 0.25) is 10.0 Å². The van der Waals surface area contributed by atoms with Gasteiger partial charge in [0.1, 0.15) is 10.6 Å². The summed E-state index contributed by atoms with van der Waals surface area (Å²) >= 11 is 9.34. The van der Waals surface area contributed by atoms with E-state index in [0.717, 1.165) is 0 Å². The number of rotatable bonds is 3. The van der Waals surface area contributed by atoms with Crippen molar-refractivity contribution >= 4 is 43.5 Å². The van der Waals surface area contributed by atoms with Crippen LogP contribution in [0.15, 0.2) is 51.8 Å². The van der Waals surface area contributed by atoms with Crippen molar-refractivity contribution in [1.29, 1.82) is 0 Å². The normalized spacial score (nSPS) is 15.8. The number of sulfonamides is 1. The molecule has 138 valence electrons. The van der Waals surface area contributed by atoms with Crippen molar-refractivity contribution in [2.24, 2.45) is 0 Å². The number of phenols is 1. The molecule has 26 heavy (non-hydrogen) atoms. The molecule has 1 N–H and O–H groups in total. The Hall–Kier alpha value is -1.61. The third-order valence-corrected chi connectivity index (χ3v) is 7.01. The number of halogens is 2. The molecule has 0 spiro atoms. The van der Waals surface area contributed by atoms with E-state index in [1.165, 1.54) is 28.6 Å². The van der Waals surface area contributed by atoms with E-state index >= 15 is 0 Å². The lowest BCUT2D eigenvalue weighted by molar-refractivity contribution is 0.0697. The quantitative estimate of drug-likeness (QED) is 0.765. The SMILES string of the molecule is O=C(c1cccc(O)c1)N1CCN(S(=O)(=O)c2ccc(Br)cc2Cl)CC1. The Labute approximate surface area is 165 Å². The Morgan fingerprint density at radius 2 is 1.77 bits per heavy atom. The van der Waals surface area contributed by atoms with Crippen molar-refractivity contribution in [3.8, 4) is 5.75 Å². The van der Waals surface area contributed by atoms with Gasteiger partial charge in [-0.05, 0) is 36.4 Å². The molecule has 1 amide bonds. The number of benzene rings is 2. The van der Waals surface area contributed by atoms with Crippen LogP contribution in [0.3, 0.4) is 0 Å². The molecule has 1 aliphatic heterocycles. The van der Waals surface area contributed by atoms with Gasteiger partial charge < -0.3 is 10.0 Å². The summed E-state index contributed by atoms with van der Waals surface area (Å²) in [6.07, 6.45) is 0. The fourth-order valence-electron chi connectivity index (χ4n) is 2.78. The number of aromatic hydroxyl groups is 1. The summed E-state index contributed by atoms with van der Waals surface area (Å²) in [4.78, 5) is 14.1. The number of amides is 1. The zero-order chi connectivity index (χ0) is 18.9. The van der Waals surface area contributed by atoms with Crippen LogP contribution in [0.1, 0.15) is 10.4 Å². The molecule has 0 unspecified atom stereocenters. The van der Waals surface area contributed by atoms with Gasteiger partial charge in [-0.1, -0.05) is 33.6 Å². The van der Waals surface area contributed by atoms with Crippen molar-refractivity contribution in [3.63, 3.8) is 0 Å². The highest BCUT2D eigenvalue weighted by Gasteiger charge is 2.31. The van der Waals surface area contributed by atoms with Gasteiger partial charge in [-0.15, -0.1) is 0 Å².